The highest BCUT2D eigenvalue weighted by Crippen LogP contribution is 2.26. The fraction of sp³-hybridized carbons (Fsp3) is 0.394. The molecule has 1 saturated carbocycles. The van der Waals surface area contributed by atoms with Crippen LogP contribution in [0, 0.1) is 11.7 Å². The first kappa shape index (κ1) is 28.0. The van der Waals surface area contributed by atoms with Crippen molar-refractivity contribution in [2.75, 3.05) is 18.4 Å². The zero-order valence-electron chi connectivity index (χ0n) is 23.0. The number of halogens is 1. The molecular weight excluding hydrogens is 503 g/mol. The Morgan fingerprint density at radius 3 is 2.27 bits per heavy atom. The van der Waals surface area contributed by atoms with Gasteiger partial charge in [-0.05, 0) is 98.6 Å². The van der Waals surface area contributed by atoms with Crippen LogP contribution in [0.25, 0.3) is 0 Å². The molecule has 0 bridgehead atoms. The maximum atomic E-state index is 13.4. The van der Waals surface area contributed by atoms with Gasteiger partial charge in [-0.2, -0.15) is 0 Å². The second kappa shape index (κ2) is 13.2. The van der Waals surface area contributed by atoms with Crippen molar-refractivity contribution < 1.29 is 14.0 Å². The predicted molar refractivity (Wildman–Crippen MR) is 157 cm³/mol. The first-order valence-corrected chi connectivity index (χ1v) is 14.5. The third-order valence-corrected chi connectivity index (χ3v) is 8.33. The molecule has 5 rings (SSSR count). The molecule has 1 saturated heterocycles. The molecular formula is C33H39FN4O2. The second-order valence-electron chi connectivity index (χ2n) is 11.3. The number of piperidine rings is 1. The van der Waals surface area contributed by atoms with Gasteiger partial charge in [0.2, 0.25) is 0 Å². The fourth-order valence-electron chi connectivity index (χ4n) is 5.90. The van der Waals surface area contributed by atoms with Gasteiger partial charge in [-0.15, -0.1) is 0 Å². The Bertz CT molecular complexity index is 1290. The van der Waals surface area contributed by atoms with Crippen molar-refractivity contribution in [2.24, 2.45) is 11.7 Å². The van der Waals surface area contributed by atoms with Crippen molar-refractivity contribution in [3.05, 3.63) is 101 Å². The monoisotopic (exact) mass is 542 g/mol. The molecule has 7 heteroatoms. The minimum absolute atomic E-state index is 0.0422. The Labute approximate surface area is 236 Å². The van der Waals surface area contributed by atoms with Gasteiger partial charge in [0.25, 0.3) is 11.8 Å². The summed E-state index contributed by atoms with van der Waals surface area (Å²) in [4.78, 5) is 28.6. The smallest absolute Gasteiger partial charge is 0.255 e. The summed E-state index contributed by atoms with van der Waals surface area (Å²) in [5.74, 6) is -0.261. The molecule has 2 amide bonds. The second-order valence-corrected chi connectivity index (χ2v) is 11.3. The minimum atomic E-state index is -0.396. The summed E-state index contributed by atoms with van der Waals surface area (Å²) in [6.07, 6.45) is 7.26. The van der Waals surface area contributed by atoms with Gasteiger partial charge in [0.05, 0.1) is 0 Å². The SMILES string of the molecule is NC1CCCCC1NC(=O)c1ccc(CN2CCC(Cc3ccccc3)CC2)c(NC(=O)c2ccc(F)cc2)c1. The molecule has 0 spiro atoms. The molecule has 1 aliphatic carbocycles. The Morgan fingerprint density at radius 1 is 0.850 bits per heavy atom. The van der Waals surface area contributed by atoms with Gasteiger partial charge in [-0.3, -0.25) is 14.5 Å². The number of carbonyl (C=O) groups excluding carboxylic acids is 2. The zero-order valence-corrected chi connectivity index (χ0v) is 23.0. The van der Waals surface area contributed by atoms with Gasteiger partial charge in [-0.1, -0.05) is 49.2 Å². The van der Waals surface area contributed by atoms with Crippen LogP contribution in [-0.4, -0.2) is 41.9 Å². The summed E-state index contributed by atoms with van der Waals surface area (Å²) in [6.45, 7) is 2.63. The molecule has 2 aliphatic rings. The van der Waals surface area contributed by atoms with Crippen LogP contribution >= 0.6 is 0 Å². The van der Waals surface area contributed by atoms with Gasteiger partial charge < -0.3 is 16.4 Å². The number of hydrogen-bond donors (Lipinski definition) is 3. The Kier molecular flexibility index (Phi) is 9.24. The van der Waals surface area contributed by atoms with E-state index >= 15 is 0 Å². The molecule has 6 nitrogen and oxygen atoms in total. The zero-order chi connectivity index (χ0) is 27.9. The maximum absolute atomic E-state index is 13.4. The van der Waals surface area contributed by atoms with Crippen molar-refractivity contribution in [1.29, 1.82) is 0 Å². The van der Waals surface area contributed by atoms with Crippen molar-refractivity contribution in [3.8, 4) is 0 Å². The van der Waals surface area contributed by atoms with E-state index in [4.69, 9.17) is 5.73 Å². The van der Waals surface area contributed by atoms with Gasteiger partial charge >= 0.3 is 0 Å². The average Bonchev–Trinajstić information content (AvgIpc) is 2.97. The number of carbonyl (C=O) groups is 2. The number of benzene rings is 3. The maximum Gasteiger partial charge on any atom is 0.255 e. The quantitative estimate of drug-likeness (QED) is 0.349. The van der Waals surface area contributed by atoms with E-state index in [9.17, 15) is 14.0 Å². The highest BCUT2D eigenvalue weighted by Gasteiger charge is 2.25. The summed E-state index contributed by atoms with van der Waals surface area (Å²) in [5.41, 5.74) is 10.0. The molecule has 1 aliphatic heterocycles. The Morgan fingerprint density at radius 2 is 1.55 bits per heavy atom. The fourth-order valence-corrected chi connectivity index (χ4v) is 5.90. The highest BCUT2D eigenvalue weighted by molar-refractivity contribution is 6.05. The number of hydrogen-bond acceptors (Lipinski definition) is 4. The molecule has 3 aromatic rings. The Hall–Kier alpha value is -3.55. The molecule has 2 atom stereocenters. The molecule has 1 heterocycles. The van der Waals surface area contributed by atoms with Gasteiger partial charge in [0, 0.05) is 35.4 Å². The first-order chi connectivity index (χ1) is 19.4. The first-order valence-electron chi connectivity index (χ1n) is 14.5. The van der Waals surface area contributed by atoms with Gasteiger partial charge in [-0.25, -0.2) is 4.39 Å². The summed E-state index contributed by atoms with van der Waals surface area (Å²) >= 11 is 0. The topological polar surface area (TPSA) is 87.5 Å². The van der Waals surface area contributed by atoms with Crippen LogP contribution in [0.2, 0.25) is 0 Å². The standard InChI is InChI=1S/C33H39FN4O2/c34-28-14-12-25(13-15-28)32(39)37-31-21-26(33(40)36-30-9-5-4-8-29(30)35)10-11-27(31)22-38-18-16-24(17-19-38)20-23-6-2-1-3-7-23/h1-3,6-7,10-15,21,24,29-30H,4-5,8-9,16-20,22,35H2,(H,36,40)(H,37,39). The van der Waals surface area contributed by atoms with E-state index in [1.54, 1.807) is 6.07 Å². The molecule has 40 heavy (non-hydrogen) atoms. The number of nitrogens with two attached hydrogens (primary N) is 1. The molecule has 2 fully saturated rings. The van der Waals surface area contributed by atoms with E-state index in [1.807, 2.05) is 12.1 Å². The number of amides is 2. The highest BCUT2D eigenvalue weighted by atomic mass is 19.1. The summed E-state index contributed by atoms with van der Waals surface area (Å²) in [5, 5.41) is 6.09. The van der Waals surface area contributed by atoms with E-state index < -0.39 is 5.82 Å². The normalized spacial score (nSPS) is 20.1. The Balaban J connectivity index is 1.29. The number of anilines is 1. The van der Waals surface area contributed by atoms with Crippen molar-refractivity contribution in [2.45, 2.75) is 63.6 Å². The van der Waals surface area contributed by atoms with Crippen LogP contribution in [0.3, 0.4) is 0 Å². The van der Waals surface area contributed by atoms with Crippen LogP contribution in [-0.2, 0) is 13.0 Å². The van der Waals surface area contributed by atoms with Gasteiger partial charge in [0.15, 0.2) is 0 Å². The number of likely N-dealkylation sites (tertiary alicyclic amines) is 1. The lowest BCUT2D eigenvalue weighted by molar-refractivity contribution is 0.0920. The molecule has 3 aromatic carbocycles. The molecule has 4 N–H and O–H groups in total. The molecule has 2 unspecified atom stereocenters. The van der Waals surface area contributed by atoms with Gasteiger partial charge in [0.1, 0.15) is 5.82 Å². The van der Waals surface area contributed by atoms with Crippen molar-refractivity contribution in [3.63, 3.8) is 0 Å². The van der Waals surface area contributed by atoms with E-state index in [2.05, 4.69) is 45.9 Å². The van der Waals surface area contributed by atoms with Crippen LogP contribution in [0.15, 0.2) is 72.8 Å². The molecule has 210 valence electrons. The third kappa shape index (κ3) is 7.34. The predicted octanol–water partition coefficient (Wildman–Crippen LogP) is 5.53. The molecule has 0 aromatic heterocycles. The van der Waals surface area contributed by atoms with Crippen LogP contribution in [0.4, 0.5) is 10.1 Å². The molecule has 0 radical (unpaired) electrons. The van der Waals surface area contributed by atoms with E-state index in [-0.39, 0.29) is 23.9 Å². The van der Waals surface area contributed by atoms with E-state index in [0.717, 1.165) is 63.6 Å². The number of nitrogens with one attached hydrogen (secondary N) is 2. The third-order valence-electron chi connectivity index (χ3n) is 8.33. The summed E-state index contributed by atoms with van der Waals surface area (Å²) in [7, 11) is 0. The number of nitrogens with zero attached hydrogens (tertiary/aromatic N) is 1. The minimum Gasteiger partial charge on any atom is -0.348 e. The van der Waals surface area contributed by atoms with Crippen molar-refractivity contribution >= 4 is 17.5 Å². The average molecular weight is 543 g/mol. The van der Waals surface area contributed by atoms with Crippen LogP contribution in [0.1, 0.15) is 70.4 Å². The van der Waals surface area contributed by atoms with Crippen LogP contribution < -0.4 is 16.4 Å². The van der Waals surface area contributed by atoms with Crippen molar-refractivity contribution in [1.82, 2.24) is 10.2 Å². The number of rotatable bonds is 8. The largest absolute Gasteiger partial charge is 0.348 e. The van der Waals surface area contributed by atoms with E-state index in [1.165, 1.54) is 29.8 Å². The lowest BCUT2D eigenvalue weighted by Crippen LogP contribution is -2.49. The lowest BCUT2D eigenvalue weighted by Gasteiger charge is -2.32. The van der Waals surface area contributed by atoms with Crippen LogP contribution in [0.5, 0.6) is 0 Å². The summed E-state index contributed by atoms with van der Waals surface area (Å²) < 4.78 is 13.4. The lowest BCUT2D eigenvalue weighted by atomic mass is 9.90. The van der Waals surface area contributed by atoms with E-state index in [0.29, 0.717) is 29.3 Å². The summed E-state index contributed by atoms with van der Waals surface area (Å²) in [6, 6.07) is 21.5.